The number of hydrogen-bond donors (Lipinski definition) is 1. The van der Waals surface area contributed by atoms with Crippen molar-refractivity contribution in [1.82, 2.24) is 5.32 Å². The van der Waals surface area contributed by atoms with Gasteiger partial charge in [0.1, 0.15) is 5.58 Å². The van der Waals surface area contributed by atoms with E-state index in [2.05, 4.69) is 5.32 Å². The molecule has 0 radical (unpaired) electrons. The zero-order valence-electron chi connectivity index (χ0n) is 16.0. The Labute approximate surface area is 170 Å². The minimum absolute atomic E-state index is 0.0109. The van der Waals surface area contributed by atoms with E-state index in [-0.39, 0.29) is 35.4 Å². The van der Waals surface area contributed by atoms with Crippen LogP contribution in [-0.2, 0) is 15.7 Å². The SMILES string of the molecule is N#CCC1COC(CCN2CCNC(=O)c3oc4ccc(C(F)(F)F)cc4c32)CO1. The average Bonchev–Trinajstić information content (AvgIpc) is 3.02. The van der Waals surface area contributed by atoms with Gasteiger partial charge < -0.3 is 24.1 Å². The van der Waals surface area contributed by atoms with Gasteiger partial charge in [0.05, 0.1) is 49.2 Å². The number of hydrogen-bond acceptors (Lipinski definition) is 6. The van der Waals surface area contributed by atoms with E-state index in [1.165, 1.54) is 6.07 Å². The number of nitrogens with one attached hydrogen (secondary N) is 1. The highest BCUT2D eigenvalue weighted by Gasteiger charge is 2.34. The van der Waals surface area contributed by atoms with Crippen LogP contribution in [0.15, 0.2) is 22.6 Å². The first-order chi connectivity index (χ1) is 14.4. The number of carbonyl (C=O) groups excluding carboxylic acids is 1. The quantitative estimate of drug-likeness (QED) is 0.813. The number of nitriles is 1. The summed E-state index contributed by atoms with van der Waals surface area (Å²) in [5, 5.41) is 11.7. The predicted molar refractivity (Wildman–Crippen MR) is 100 cm³/mol. The number of halogens is 3. The van der Waals surface area contributed by atoms with E-state index in [1.54, 1.807) is 0 Å². The standard InChI is InChI=1S/C20H20F3N3O4/c21-20(22,23)12-1-2-16-15(9-12)17-18(30-16)19(27)25-6-8-26(17)7-4-14-11-28-13(3-5-24)10-29-14/h1-2,9,13-14H,3-4,6-8,10-11H2,(H,25,27). The van der Waals surface area contributed by atoms with Crippen LogP contribution in [0.3, 0.4) is 0 Å². The molecule has 1 saturated heterocycles. The van der Waals surface area contributed by atoms with Gasteiger partial charge in [-0.15, -0.1) is 0 Å². The zero-order valence-corrected chi connectivity index (χ0v) is 16.0. The summed E-state index contributed by atoms with van der Waals surface area (Å²) in [4.78, 5) is 14.2. The topological polar surface area (TPSA) is 87.7 Å². The molecule has 1 aromatic heterocycles. The Balaban J connectivity index is 1.57. The Bertz CT molecular complexity index is 974. The summed E-state index contributed by atoms with van der Waals surface area (Å²) in [5.41, 5.74) is -0.201. The number of anilines is 1. The molecular formula is C20H20F3N3O4. The molecule has 1 N–H and O–H groups in total. The minimum atomic E-state index is -4.50. The molecule has 2 aromatic rings. The van der Waals surface area contributed by atoms with Crippen LogP contribution in [0.5, 0.6) is 0 Å². The number of furan rings is 1. The molecule has 2 atom stereocenters. The molecule has 2 aliphatic heterocycles. The molecule has 0 bridgehead atoms. The maximum absolute atomic E-state index is 13.2. The van der Waals surface area contributed by atoms with Gasteiger partial charge in [-0.1, -0.05) is 0 Å². The summed E-state index contributed by atoms with van der Waals surface area (Å²) in [6, 6.07) is 5.25. The monoisotopic (exact) mass is 423 g/mol. The van der Waals surface area contributed by atoms with E-state index in [9.17, 15) is 18.0 Å². The van der Waals surface area contributed by atoms with Crippen LogP contribution in [0.4, 0.5) is 18.9 Å². The summed E-state index contributed by atoms with van der Waals surface area (Å²) in [5.74, 6) is -0.439. The van der Waals surface area contributed by atoms with Gasteiger partial charge in [0, 0.05) is 25.0 Å². The van der Waals surface area contributed by atoms with Crippen LogP contribution in [0.25, 0.3) is 11.0 Å². The highest BCUT2D eigenvalue weighted by molar-refractivity contribution is 6.07. The number of benzene rings is 1. The van der Waals surface area contributed by atoms with Gasteiger partial charge >= 0.3 is 6.18 Å². The maximum atomic E-state index is 13.2. The Hall–Kier alpha value is -2.77. The largest absolute Gasteiger partial charge is 0.449 e. The lowest BCUT2D eigenvalue weighted by molar-refractivity contribution is -0.137. The fourth-order valence-corrected chi connectivity index (χ4v) is 3.72. The van der Waals surface area contributed by atoms with Crippen LogP contribution in [0.2, 0.25) is 0 Å². The second-order valence-corrected chi connectivity index (χ2v) is 7.29. The van der Waals surface area contributed by atoms with Crippen molar-refractivity contribution in [1.29, 1.82) is 5.26 Å². The minimum Gasteiger partial charge on any atom is -0.449 e. The lowest BCUT2D eigenvalue weighted by atomic mass is 10.1. The first-order valence-electron chi connectivity index (χ1n) is 9.64. The second kappa shape index (κ2) is 8.16. The van der Waals surface area contributed by atoms with E-state index < -0.39 is 17.6 Å². The lowest BCUT2D eigenvalue weighted by Gasteiger charge is -2.30. The molecule has 7 nitrogen and oxygen atoms in total. The van der Waals surface area contributed by atoms with Gasteiger partial charge in [0.2, 0.25) is 5.76 Å². The normalized spacial score (nSPS) is 22.3. The number of amides is 1. The smallest absolute Gasteiger partial charge is 0.416 e. The van der Waals surface area contributed by atoms with Crippen molar-refractivity contribution in [2.75, 3.05) is 37.7 Å². The Morgan fingerprint density at radius 3 is 2.70 bits per heavy atom. The summed E-state index contributed by atoms with van der Waals surface area (Å²) >= 11 is 0. The van der Waals surface area contributed by atoms with Crippen molar-refractivity contribution in [2.24, 2.45) is 0 Å². The number of alkyl halides is 3. The highest BCUT2D eigenvalue weighted by Crippen LogP contribution is 2.39. The molecule has 160 valence electrons. The molecule has 1 fully saturated rings. The molecule has 1 amide bonds. The van der Waals surface area contributed by atoms with E-state index in [1.807, 2.05) is 11.0 Å². The van der Waals surface area contributed by atoms with Crippen molar-refractivity contribution in [3.05, 3.63) is 29.5 Å². The molecule has 0 saturated carbocycles. The zero-order chi connectivity index (χ0) is 21.3. The van der Waals surface area contributed by atoms with Crippen LogP contribution in [0.1, 0.15) is 29.0 Å². The van der Waals surface area contributed by atoms with Gasteiger partial charge in [-0.3, -0.25) is 4.79 Å². The van der Waals surface area contributed by atoms with Gasteiger partial charge in [-0.2, -0.15) is 18.4 Å². The number of nitrogens with zero attached hydrogens (tertiary/aromatic N) is 2. The molecule has 4 rings (SSSR count). The number of rotatable bonds is 4. The van der Waals surface area contributed by atoms with E-state index in [0.717, 1.165) is 12.1 Å². The van der Waals surface area contributed by atoms with E-state index in [0.29, 0.717) is 45.0 Å². The first kappa shape index (κ1) is 20.5. The Morgan fingerprint density at radius 2 is 2.00 bits per heavy atom. The van der Waals surface area contributed by atoms with Gasteiger partial charge in [-0.25, -0.2) is 0 Å². The number of ether oxygens (including phenoxy) is 2. The predicted octanol–water partition coefficient (Wildman–Crippen LogP) is 3.09. The average molecular weight is 423 g/mol. The summed E-state index contributed by atoms with van der Waals surface area (Å²) < 4.78 is 56.6. The third-order valence-corrected chi connectivity index (χ3v) is 5.25. The molecule has 2 unspecified atom stereocenters. The second-order valence-electron chi connectivity index (χ2n) is 7.29. The molecule has 0 aliphatic carbocycles. The molecule has 0 spiro atoms. The fourth-order valence-electron chi connectivity index (χ4n) is 3.72. The Morgan fingerprint density at radius 1 is 1.23 bits per heavy atom. The highest BCUT2D eigenvalue weighted by atomic mass is 19.4. The third-order valence-electron chi connectivity index (χ3n) is 5.25. The molecule has 2 aliphatic rings. The molecular weight excluding hydrogens is 403 g/mol. The van der Waals surface area contributed by atoms with Crippen molar-refractivity contribution in [2.45, 2.75) is 31.2 Å². The fraction of sp³-hybridized carbons (Fsp3) is 0.500. The Kier molecular flexibility index (Phi) is 5.58. The van der Waals surface area contributed by atoms with Crippen LogP contribution < -0.4 is 10.2 Å². The maximum Gasteiger partial charge on any atom is 0.416 e. The van der Waals surface area contributed by atoms with Crippen molar-refractivity contribution in [3.63, 3.8) is 0 Å². The van der Waals surface area contributed by atoms with Gasteiger partial charge in [-0.05, 0) is 24.6 Å². The van der Waals surface area contributed by atoms with Crippen molar-refractivity contribution >= 4 is 22.6 Å². The van der Waals surface area contributed by atoms with Crippen LogP contribution >= 0.6 is 0 Å². The molecule has 1 aromatic carbocycles. The van der Waals surface area contributed by atoms with E-state index >= 15 is 0 Å². The summed E-state index contributed by atoms with van der Waals surface area (Å²) in [6.45, 7) is 1.88. The van der Waals surface area contributed by atoms with Crippen LogP contribution in [0, 0.1) is 11.3 Å². The first-order valence-corrected chi connectivity index (χ1v) is 9.64. The molecule has 3 heterocycles. The molecule has 30 heavy (non-hydrogen) atoms. The van der Waals surface area contributed by atoms with Crippen molar-refractivity contribution < 1.29 is 31.9 Å². The van der Waals surface area contributed by atoms with Crippen molar-refractivity contribution in [3.8, 4) is 6.07 Å². The number of carbonyl (C=O) groups is 1. The molecule has 10 heteroatoms. The van der Waals surface area contributed by atoms with Crippen LogP contribution in [-0.4, -0.2) is 51.0 Å². The summed E-state index contributed by atoms with van der Waals surface area (Å²) in [7, 11) is 0. The van der Waals surface area contributed by atoms with Gasteiger partial charge in [0.25, 0.3) is 5.91 Å². The summed E-state index contributed by atoms with van der Waals surface area (Å²) in [6.07, 6.45) is -4.11. The third kappa shape index (κ3) is 4.08. The number of fused-ring (bicyclic) bond motifs is 3. The lowest BCUT2D eigenvalue weighted by Crippen LogP contribution is -2.38. The van der Waals surface area contributed by atoms with E-state index in [4.69, 9.17) is 19.2 Å². The van der Waals surface area contributed by atoms with Gasteiger partial charge in [0.15, 0.2) is 0 Å².